The van der Waals surface area contributed by atoms with Gasteiger partial charge < -0.3 is 13.9 Å². The lowest BCUT2D eigenvalue weighted by Gasteiger charge is -2.24. The second kappa shape index (κ2) is 5.16. The first-order chi connectivity index (χ1) is 12.1. The number of hydrogen-bond donors (Lipinski definition) is 0. The molecule has 2 aromatic heterocycles. The molecule has 3 heterocycles. The zero-order valence-corrected chi connectivity index (χ0v) is 14.6. The Kier molecular flexibility index (Phi) is 3.12. The number of fused-ring (bicyclic) bond motifs is 1. The maximum atomic E-state index is 13.3. The summed E-state index contributed by atoms with van der Waals surface area (Å²) >= 11 is 0. The first kappa shape index (κ1) is 15.1. The summed E-state index contributed by atoms with van der Waals surface area (Å²) < 4.78 is 10.9. The Morgan fingerprint density at radius 1 is 1.20 bits per heavy atom. The molecular formula is C18H22N4O3. The fourth-order valence-corrected chi connectivity index (χ4v) is 4.74. The Hall–Kier alpha value is -2.18. The van der Waals surface area contributed by atoms with Crippen molar-refractivity contribution in [3.8, 4) is 0 Å². The zero-order valence-electron chi connectivity index (χ0n) is 14.6. The lowest BCUT2D eigenvalue weighted by Crippen LogP contribution is -2.35. The predicted molar refractivity (Wildman–Crippen MR) is 87.2 cm³/mol. The van der Waals surface area contributed by atoms with Gasteiger partial charge in [0.25, 0.3) is 5.91 Å². The van der Waals surface area contributed by atoms with Crippen LogP contribution in [-0.4, -0.2) is 39.2 Å². The van der Waals surface area contributed by atoms with Crippen molar-refractivity contribution in [1.82, 2.24) is 20.2 Å². The lowest BCUT2D eigenvalue weighted by molar-refractivity contribution is 0.0772. The molecule has 1 aliphatic heterocycles. The van der Waals surface area contributed by atoms with E-state index < -0.39 is 0 Å². The molecule has 1 saturated heterocycles. The molecule has 2 atom stereocenters. The van der Waals surface area contributed by atoms with E-state index in [1.807, 2.05) is 18.7 Å². The highest BCUT2D eigenvalue weighted by Crippen LogP contribution is 2.50. The molecule has 7 nitrogen and oxygen atoms in total. The van der Waals surface area contributed by atoms with E-state index in [2.05, 4.69) is 15.3 Å². The average molecular weight is 342 g/mol. The van der Waals surface area contributed by atoms with Gasteiger partial charge in [0.15, 0.2) is 5.82 Å². The van der Waals surface area contributed by atoms with Crippen LogP contribution in [0.5, 0.6) is 0 Å². The summed E-state index contributed by atoms with van der Waals surface area (Å²) in [6.45, 7) is 5.07. The van der Waals surface area contributed by atoms with Crippen LogP contribution in [0.1, 0.15) is 71.5 Å². The van der Waals surface area contributed by atoms with Crippen LogP contribution in [-0.2, 0) is 5.41 Å². The minimum Gasteiger partial charge on any atom is -0.361 e. The standard InChI is InChI=1S/C18H22N4O3/c1-10-14(15(21-24-10)12-5-6-12)16(23)22-8-13-4-3-7-18(13,9-22)17-19-11(2)20-25-17/h12-13H,3-9H2,1-2H3/t13-,18-/m0/s1. The Morgan fingerprint density at radius 2 is 2.04 bits per heavy atom. The number of carbonyl (C=O) groups excluding carboxylic acids is 1. The highest BCUT2D eigenvalue weighted by Gasteiger charge is 2.55. The van der Waals surface area contributed by atoms with E-state index in [0.29, 0.717) is 41.4 Å². The third kappa shape index (κ3) is 2.17. The Labute approximate surface area is 145 Å². The maximum absolute atomic E-state index is 13.3. The molecular weight excluding hydrogens is 320 g/mol. The van der Waals surface area contributed by atoms with E-state index in [-0.39, 0.29) is 11.3 Å². The quantitative estimate of drug-likeness (QED) is 0.852. The Morgan fingerprint density at radius 3 is 2.76 bits per heavy atom. The normalized spacial score (nSPS) is 28.6. The van der Waals surface area contributed by atoms with Crippen molar-refractivity contribution in [3.63, 3.8) is 0 Å². The summed E-state index contributed by atoms with van der Waals surface area (Å²) in [5.41, 5.74) is 1.35. The third-order valence-corrected chi connectivity index (χ3v) is 6.18. The van der Waals surface area contributed by atoms with Gasteiger partial charge in [0, 0.05) is 19.0 Å². The van der Waals surface area contributed by atoms with Gasteiger partial charge in [-0.2, -0.15) is 4.98 Å². The van der Waals surface area contributed by atoms with Crippen LogP contribution in [0.2, 0.25) is 0 Å². The Bertz CT molecular complexity index is 837. The molecule has 0 spiro atoms. The van der Waals surface area contributed by atoms with Crippen molar-refractivity contribution < 1.29 is 13.8 Å². The molecule has 2 aliphatic carbocycles. The van der Waals surface area contributed by atoms with Crippen molar-refractivity contribution in [3.05, 3.63) is 28.7 Å². The maximum Gasteiger partial charge on any atom is 0.259 e. The minimum absolute atomic E-state index is 0.0469. The number of likely N-dealkylation sites (tertiary alicyclic amines) is 1. The molecule has 3 fully saturated rings. The number of amides is 1. The van der Waals surface area contributed by atoms with E-state index in [9.17, 15) is 4.79 Å². The smallest absolute Gasteiger partial charge is 0.259 e. The second-order valence-corrected chi connectivity index (χ2v) is 7.85. The number of nitrogens with zero attached hydrogens (tertiary/aromatic N) is 4. The van der Waals surface area contributed by atoms with E-state index >= 15 is 0 Å². The number of rotatable bonds is 3. The van der Waals surface area contributed by atoms with Crippen LogP contribution in [0.15, 0.2) is 9.05 Å². The van der Waals surface area contributed by atoms with Crippen molar-refractivity contribution in [2.75, 3.05) is 13.1 Å². The molecule has 2 aromatic rings. The molecule has 7 heteroatoms. The highest BCUT2D eigenvalue weighted by atomic mass is 16.5. The predicted octanol–water partition coefficient (Wildman–Crippen LogP) is 2.75. The van der Waals surface area contributed by atoms with Gasteiger partial charge in [0.1, 0.15) is 11.3 Å². The van der Waals surface area contributed by atoms with Crippen LogP contribution in [0.25, 0.3) is 0 Å². The average Bonchev–Trinajstić information content (AvgIpc) is 2.92. The van der Waals surface area contributed by atoms with E-state index in [4.69, 9.17) is 9.05 Å². The molecule has 0 aromatic carbocycles. The van der Waals surface area contributed by atoms with Crippen molar-refractivity contribution in [2.24, 2.45) is 5.92 Å². The number of hydrogen-bond acceptors (Lipinski definition) is 6. The van der Waals surface area contributed by atoms with Crippen molar-refractivity contribution >= 4 is 5.91 Å². The van der Waals surface area contributed by atoms with Gasteiger partial charge in [0.2, 0.25) is 5.89 Å². The molecule has 0 unspecified atom stereocenters. The van der Waals surface area contributed by atoms with Crippen LogP contribution in [0, 0.1) is 19.8 Å². The fourth-order valence-electron chi connectivity index (χ4n) is 4.74. The summed E-state index contributed by atoms with van der Waals surface area (Å²) in [6.07, 6.45) is 5.44. The summed E-state index contributed by atoms with van der Waals surface area (Å²) in [4.78, 5) is 19.7. The monoisotopic (exact) mass is 342 g/mol. The second-order valence-electron chi connectivity index (χ2n) is 7.85. The Balaban J connectivity index is 1.47. The molecule has 0 radical (unpaired) electrons. The number of aromatic nitrogens is 3. The molecule has 5 rings (SSSR count). The molecule has 3 aliphatic rings. The third-order valence-electron chi connectivity index (χ3n) is 6.18. The first-order valence-corrected chi connectivity index (χ1v) is 9.15. The lowest BCUT2D eigenvalue weighted by atomic mass is 9.80. The van der Waals surface area contributed by atoms with Gasteiger partial charge >= 0.3 is 0 Å². The largest absolute Gasteiger partial charge is 0.361 e. The molecule has 0 bridgehead atoms. The van der Waals surface area contributed by atoms with Gasteiger partial charge in [-0.3, -0.25) is 4.79 Å². The van der Waals surface area contributed by atoms with Gasteiger partial charge in [-0.15, -0.1) is 0 Å². The first-order valence-electron chi connectivity index (χ1n) is 9.15. The number of carbonyl (C=O) groups is 1. The zero-order chi connectivity index (χ0) is 17.2. The van der Waals surface area contributed by atoms with E-state index in [0.717, 1.165) is 44.3 Å². The van der Waals surface area contributed by atoms with Crippen LogP contribution in [0.3, 0.4) is 0 Å². The van der Waals surface area contributed by atoms with Crippen molar-refractivity contribution in [2.45, 2.75) is 57.3 Å². The summed E-state index contributed by atoms with van der Waals surface area (Å²) in [7, 11) is 0. The molecule has 132 valence electrons. The molecule has 25 heavy (non-hydrogen) atoms. The molecule has 0 N–H and O–H groups in total. The summed E-state index contributed by atoms with van der Waals surface area (Å²) in [6, 6.07) is 0. The van der Waals surface area contributed by atoms with E-state index in [1.165, 1.54) is 0 Å². The van der Waals surface area contributed by atoms with Gasteiger partial charge in [-0.05, 0) is 45.4 Å². The summed E-state index contributed by atoms with van der Waals surface area (Å²) in [5.74, 6) is 2.82. The fraction of sp³-hybridized carbons (Fsp3) is 0.667. The van der Waals surface area contributed by atoms with Gasteiger partial charge in [-0.1, -0.05) is 16.7 Å². The van der Waals surface area contributed by atoms with E-state index in [1.54, 1.807) is 0 Å². The topological polar surface area (TPSA) is 85.3 Å². The number of aryl methyl sites for hydroxylation is 2. The SMILES string of the molecule is Cc1noc([C@]23CCC[C@H]2CN(C(=O)c2c(C4CC4)noc2C)C3)n1. The van der Waals surface area contributed by atoms with Gasteiger partial charge in [0.05, 0.1) is 11.1 Å². The van der Waals surface area contributed by atoms with Crippen molar-refractivity contribution in [1.29, 1.82) is 0 Å². The summed E-state index contributed by atoms with van der Waals surface area (Å²) in [5, 5.41) is 8.14. The van der Waals surface area contributed by atoms with Crippen LogP contribution in [0.4, 0.5) is 0 Å². The molecule has 1 amide bonds. The highest BCUT2D eigenvalue weighted by molar-refractivity contribution is 5.96. The molecule has 2 saturated carbocycles. The van der Waals surface area contributed by atoms with Crippen LogP contribution >= 0.6 is 0 Å². The minimum atomic E-state index is -0.179. The van der Waals surface area contributed by atoms with Gasteiger partial charge in [-0.25, -0.2) is 0 Å². The van der Waals surface area contributed by atoms with Crippen LogP contribution < -0.4 is 0 Å².